The number of Topliss-reactive ketones (excluding diaryl/α,β-unsaturated/α-hetero) is 1. The van der Waals surface area contributed by atoms with Crippen LogP contribution in [0.5, 0.6) is 5.75 Å². The summed E-state index contributed by atoms with van der Waals surface area (Å²) in [5, 5.41) is 1.10. The highest BCUT2D eigenvalue weighted by atomic mass is 16.5. The number of H-pyrrole nitrogens is 2. The number of fused-ring (bicyclic) bond motifs is 5. The normalized spacial score (nSPS) is 19.0. The van der Waals surface area contributed by atoms with Crippen molar-refractivity contribution in [2.75, 3.05) is 12.3 Å². The Morgan fingerprint density at radius 1 is 0.867 bits per heavy atom. The van der Waals surface area contributed by atoms with Crippen molar-refractivity contribution in [3.05, 3.63) is 102 Å². The number of benzene rings is 3. The summed E-state index contributed by atoms with van der Waals surface area (Å²) in [6.07, 6.45) is 12.3. The van der Waals surface area contributed by atoms with Gasteiger partial charge in [-0.3, -0.25) is 9.59 Å². The molecule has 1 amide bonds. The van der Waals surface area contributed by atoms with Crippen molar-refractivity contribution in [2.45, 2.75) is 105 Å². The zero-order valence-corrected chi connectivity index (χ0v) is 35.8. The van der Waals surface area contributed by atoms with Gasteiger partial charge in [0.2, 0.25) is 12.1 Å². The van der Waals surface area contributed by atoms with Gasteiger partial charge in [0, 0.05) is 65.1 Å². The van der Waals surface area contributed by atoms with E-state index in [0.29, 0.717) is 54.9 Å². The van der Waals surface area contributed by atoms with E-state index in [-0.39, 0.29) is 16.7 Å². The van der Waals surface area contributed by atoms with Crippen LogP contribution >= 0.6 is 0 Å². The maximum Gasteiger partial charge on any atom is 0.227 e. The summed E-state index contributed by atoms with van der Waals surface area (Å²) >= 11 is 0. The van der Waals surface area contributed by atoms with Gasteiger partial charge < -0.3 is 29.9 Å². The van der Waals surface area contributed by atoms with E-state index >= 15 is 0 Å². The second kappa shape index (κ2) is 15.3. The van der Waals surface area contributed by atoms with E-state index in [2.05, 4.69) is 111 Å². The van der Waals surface area contributed by atoms with Crippen LogP contribution in [0.4, 0.5) is 5.69 Å². The van der Waals surface area contributed by atoms with E-state index in [9.17, 15) is 9.59 Å². The average Bonchev–Trinajstić information content (AvgIpc) is 4.04. The zero-order chi connectivity index (χ0) is 41.9. The van der Waals surface area contributed by atoms with Crippen molar-refractivity contribution in [1.82, 2.24) is 29.4 Å². The summed E-state index contributed by atoms with van der Waals surface area (Å²) < 4.78 is 9.21. The Morgan fingerprint density at radius 2 is 1.63 bits per heavy atom. The van der Waals surface area contributed by atoms with Gasteiger partial charge in [-0.15, -0.1) is 0 Å². The first kappa shape index (κ1) is 39.6. The van der Waals surface area contributed by atoms with Crippen molar-refractivity contribution in [3.8, 4) is 39.5 Å². The molecule has 4 N–H and O–H groups in total. The summed E-state index contributed by atoms with van der Waals surface area (Å²) in [4.78, 5) is 44.7. The SMILES string of the molecule is CC(C)(C)CC(=O)CCC1CCC[C@H]1c1ncc(-c2ccc3c(c2)cc2n3C(c3cccc(N)c3)Oc3cc(-c4cnc(C5=CCCN5C(=O)CC(C)(C)C)[nH]4)ccc3-2)[nH]1. The van der Waals surface area contributed by atoms with Gasteiger partial charge >= 0.3 is 0 Å². The van der Waals surface area contributed by atoms with Gasteiger partial charge in [0.25, 0.3) is 0 Å². The summed E-state index contributed by atoms with van der Waals surface area (Å²) in [6, 6.07) is 23.0. The van der Waals surface area contributed by atoms with E-state index in [0.717, 1.165) is 93.2 Å². The number of ether oxygens (including phenoxy) is 1. The lowest BCUT2D eigenvalue weighted by Gasteiger charge is -2.30. The maximum atomic E-state index is 13.2. The van der Waals surface area contributed by atoms with Crippen LogP contribution in [0.25, 0.3) is 50.4 Å². The van der Waals surface area contributed by atoms with E-state index in [1.165, 1.54) is 6.42 Å². The fraction of sp³-hybridized carbons (Fsp3) is 0.400. The van der Waals surface area contributed by atoms with E-state index in [1.54, 1.807) is 0 Å². The Morgan fingerprint density at radius 3 is 2.43 bits per heavy atom. The third-order valence-electron chi connectivity index (χ3n) is 12.3. The number of aromatic amines is 2. The second-order valence-electron chi connectivity index (χ2n) is 19.6. The maximum absolute atomic E-state index is 13.2. The monoisotopic (exact) mass is 803 g/mol. The van der Waals surface area contributed by atoms with Crippen LogP contribution in [0.1, 0.15) is 122 Å². The number of hydrogen-bond donors (Lipinski definition) is 3. The van der Waals surface area contributed by atoms with Crippen molar-refractivity contribution in [1.29, 1.82) is 0 Å². The number of aromatic nitrogens is 5. The molecule has 0 spiro atoms. The number of anilines is 1. The number of nitrogens with one attached hydrogen (secondary N) is 2. The molecule has 1 aliphatic carbocycles. The van der Waals surface area contributed by atoms with Crippen molar-refractivity contribution in [2.24, 2.45) is 16.7 Å². The number of imidazole rings is 2. The summed E-state index contributed by atoms with van der Waals surface area (Å²) in [5.74, 6) is 3.77. The van der Waals surface area contributed by atoms with Crippen LogP contribution in [0.15, 0.2) is 85.2 Å². The molecule has 0 saturated heterocycles. The van der Waals surface area contributed by atoms with Crippen LogP contribution in [-0.4, -0.2) is 47.6 Å². The number of rotatable bonds is 10. The average molecular weight is 804 g/mol. The van der Waals surface area contributed by atoms with Crippen LogP contribution in [0.3, 0.4) is 0 Å². The van der Waals surface area contributed by atoms with Crippen molar-refractivity contribution < 1.29 is 14.3 Å². The Kier molecular flexibility index (Phi) is 10.1. The van der Waals surface area contributed by atoms with Gasteiger partial charge in [-0.2, -0.15) is 0 Å². The summed E-state index contributed by atoms with van der Waals surface area (Å²) in [7, 11) is 0. The molecular formula is C50H57N7O3. The van der Waals surface area contributed by atoms with E-state index < -0.39 is 6.23 Å². The van der Waals surface area contributed by atoms with Gasteiger partial charge in [-0.25, -0.2) is 9.97 Å². The topological polar surface area (TPSA) is 135 Å². The molecule has 1 fully saturated rings. The number of amides is 1. The largest absolute Gasteiger partial charge is 0.465 e. The summed E-state index contributed by atoms with van der Waals surface area (Å²) in [6.45, 7) is 13.3. The fourth-order valence-corrected chi connectivity index (χ4v) is 9.60. The minimum absolute atomic E-state index is 0.0254. The number of nitrogens with zero attached hydrogens (tertiary/aromatic N) is 4. The third kappa shape index (κ3) is 7.92. The molecular weight excluding hydrogens is 747 g/mol. The molecule has 3 aliphatic rings. The number of nitrogen functional groups attached to an aromatic ring is 1. The number of nitrogens with two attached hydrogens (primary N) is 1. The molecule has 1 saturated carbocycles. The highest BCUT2D eigenvalue weighted by Crippen LogP contribution is 2.47. The molecule has 5 heterocycles. The minimum atomic E-state index is -0.453. The quantitative estimate of drug-likeness (QED) is 0.118. The standard InChI is InChI=1S/C50H57N7O3/c1-49(2,3)26-36(58)18-15-30-10-8-13-37(30)46-52-28-39(54-46)31-17-20-41-34(22-31)24-43-38-19-16-32(25-44(38)60-48(57(41)43)33-11-7-12-35(51)23-33)40-29-53-47(55-40)42-14-9-21-56(42)45(59)27-50(4,5)6/h7,11-12,14,16-17,19-20,22-25,28-30,37,48H,8-10,13,15,18,21,26-27,51H2,1-6H3,(H,52,54)(H,53,55)/t30?,37-,48?/m1/s1. The molecule has 0 radical (unpaired) electrons. The highest BCUT2D eigenvalue weighted by Gasteiger charge is 2.33. The predicted molar refractivity (Wildman–Crippen MR) is 239 cm³/mol. The van der Waals surface area contributed by atoms with Crippen molar-refractivity contribution in [3.63, 3.8) is 0 Å². The number of hydrogen-bond acceptors (Lipinski definition) is 6. The molecule has 9 rings (SSSR count). The lowest BCUT2D eigenvalue weighted by Crippen LogP contribution is -2.30. The molecule has 3 atom stereocenters. The molecule has 10 heteroatoms. The van der Waals surface area contributed by atoms with Crippen LogP contribution < -0.4 is 10.5 Å². The lowest BCUT2D eigenvalue weighted by atomic mass is 9.85. The molecule has 310 valence electrons. The Hall–Kier alpha value is -5.90. The first-order chi connectivity index (χ1) is 28.7. The minimum Gasteiger partial charge on any atom is -0.465 e. The molecule has 10 nitrogen and oxygen atoms in total. The Bertz CT molecular complexity index is 2630. The van der Waals surface area contributed by atoms with Gasteiger partial charge in [0.05, 0.1) is 40.7 Å². The highest BCUT2D eigenvalue weighted by molar-refractivity contribution is 5.93. The number of carbonyl (C=O) groups is 2. The van der Waals surface area contributed by atoms with E-state index in [1.807, 2.05) is 35.5 Å². The smallest absolute Gasteiger partial charge is 0.227 e. The predicted octanol–water partition coefficient (Wildman–Crippen LogP) is 11.3. The van der Waals surface area contributed by atoms with Crippen molar-refractivity contribution >= 4 is 34.0 Å². The number of ketones is 1. The van der Waals surface area contributed by atoms with Gasteiger partial charge in [0.1, 0.15) is 17.4 Å². The van der Waals surface area contributed by atoms with Gasteiger partial charge in [-0.1, -0.05) is 78.3 Å². The molecule has 3 aromatic heterocycles. The Labute approximate surface area is 352 Å². The van der Waals surface area contributed by atoms with E-state index in [4.69, 9.17) is 20.4 Å². The van der Waals surface area contributed by atoms with Crippen LogP contribution in [-0.2, 0) is 9.59 Å². The fourth-order valence-electron chi connectivity index (χ4n) is 9.60. The first-order valence-corrected chi connectivity index (χ1v) is 21.6. The number of carbonyl (C=O) groups excluding carboxylic acids is 2. The second-order valence-corrected chi connectivity index (χ2v) is 19.6. The van der Waals surface area contributed by atoms with Gasteiger partial charge in [0.15, 0.2) is 5.82 Å². The Balaban J connectivity index is 1.01. The first-order valence-electron chi connectivity index (χ1n) is 21.6. The van der Waals surface area contributed by atoms with Crippen LogP contribution in [0, 0.1) is 16.7 Å². The van der Waals surface area contributed by atoms with Crippen LogP contribution in [0.2, 0.25) is 0 Å². The lowest BCUT2D eigenvalue weighted by molar-refractivity contribution is -0.129. The molecule has 0 bridgehead atoms. The molecule has 2 unspecified atom stereocenters. The third-order valence-corrected chi connectivity index (χ3v) is 12.3. The van der Waals surface area contributed by atoms with Gasteiger partial charge in [-0.05, 0) is 84.9 Å². The zero-order valence-electron chi connectivity index (χ0n) is 35.8. The molecule has 2 aliphatic heterocycles. The molecule has 3 aromatic carbocycles. The summed E-state index contributed by atoms with van der Waals surface area (Å²) in [5.41, 5.74) is 15.7. The molecule has 60 heavy (non-hydrogen) atoms. The molecule has 6 aromatic rings.